The molecule has 0 saturated heterocycles. The van der Waals surface area contributed by atoms with Gasteiger partial charge in [0.2, 0.25) is 0 Å². The summed E-state index contributed by atoms with van der Waals surface area (Å²) in [6.45, 7) is 4.89. The lowest BCUT2D eigenvalue weighted by atomic mass is 10.4. The van der Waals surface area contributed by atoms with Gasteiger partial charge in [-0.1, -0.05) is 25.1 Å². The van der Waals surface area contributed by atoms with E-state index in [0.717, 1.165) is 25.6 Å². The second-order valence-corrected chi connectivity index (χ2v) is 6.55. The quantitative estimate of drug-likeness (QED) is 0.469. The summed E-state index contributed by atoms with van der Waals surface area (Å²) in [5.74, 6) is 0.854. The molecule has 1 atom stereocenters. The van der Waals surface area contributed by atoms with Crippen molar-refractivity contribution < 1.29 is 0 Å². The van der Waals surface area contributed by atoms with Gasteiger partial charge >= 0.3 is 0 Å². The summed E-state index contributed by atoms with van der Waals surface area (Å²) in [6, 6.07) is 14.6. The van der Waals surface area contributed by atoms with Crippen LogP contribution in [0.1, 0.15) is 6.92 Å². The van der Waals surface area contributed by atoms with Crippen molar-refractivity contribution in [1.29, 1.82) is 0 Å². The molecule has 1 aromatic heterocycles. The molecule has 0 aliphatic carbocycles. The molecule has 0 aliphatic heterocycles. The third-order valence-electron chi connectivity index (χ3n) is 3.19. The lowest BCUT2D eigenvalue weighted by molar-refractivity contribution is 0.665. The Labute approximate surface area is 137 Å². The van der Waals surface area contributed by atoms with E-state index in [4.69, 9.17) is 0 Å². The number of aliphatic imine (C=N–C) groups is 1. The highest BCUT2D eigenvalue weighted by atomic mass is 32.2. The van der Waals surface area contributed by atoms with E-state index < -0.39 is 0 Å². The molecule has 2 aromatic rings. The molecule has 0 spiro atoms. The largest absolute Gasteiger partial charge is 0.355 e. The van der Waals surface area contributed by atoms with E-state index in [-0.39, 0.29) is 0 Å². The van der Waals surface area contributed by atoms with E-state index in [1.54, 1.807) is 7.05 Å². The van der Waals surface area contributed by atoms with Crippen LogP contribution >= 0.6 is 11.8 Å². The van der Waals surface area contributed by atoms with E-state index >= 15 is 0 Å². The van der Waals surface area contributed by atoms with Crippen LogP contribution < -0.4 is 10.6 Å². The SMILES string of the molecule is CN=C(NCCn1cccc1)NCC(C)Sc1ccccc1. The molecule has 22 heavy (non-hydrogen) atoms. The first-order chi connectivity index (χ1) is 10.8. The summed E-state index contributed by atoms with van der Waals surface area (Å²) in [7, 11) is 1.81. The van der Waals surface area contributed by atoms with Crippen molar-refractivity contribution in [2.45, 2.75) is 23.6 Å². The smallest absolute Gasteiger partial charge is 0.191 e. The fourth-order valence-electron chi connectivity index (χ4n) is 2.06. The van der Waals surface area contributed by atoms with Crippen LogP contribution in [0.25, 0.3) is 0 Å². The molecule has 2 rings (SSSR count). The lowest BCUT2D eigenvalue weighted by Gasteiger charge is -2.16. The fourth-order valence-corrected chi connectivity index (χ4v) is 3.00. The van der Waals surface area contributed by atoms with Crippen LogP contribution in [0.2, 0.25) is 0 Å². The van der Waals surface area contributed by atoms with Gasteiger partial charge in [-0.15, -0.1) is 11.8 Å². The van der Waals surface area contributed by atoms with Crippen molar-refractivity contribution in [1.82, 2.24) is 15.2 Å². The summed E-state index contributed by atoms with van der Waals surface area (Å²) in [5.41, 5.74) is 0. The Kier molecular flexibility index (Phi) is 6.90. The van der Waals surface area contributed by atoms with Gasteiger partial charge in [-0.2, -0.15) is 0 Å². The molecule has 4 nitrogen and oxygen atoms in total. The van der Waals surface area contributed by atoms with Crippen molar-refractivity contribution in [3.63, 3.8) is 0 Å². The third kappa shape index (κ3) is 5.85. The molecular weight excluding hydrogens is 292 g/mol. The maximum Gasteiger partial charge on any atom is 0.191 e. The highest BCUT2D eigenvalue weighted by Crippen LogP contribution is 2.21. The van der Waals surface area contributed by atoms with Crippen LogP contribution in [0.15, 0.2) is 64.7 Å². The van der Waals surface area contributed by atoms with E-state index in [9.17, 15) is 0 Å². The first-order valence-corrected chi connectivity index (χ1v) is 8.43. The van der Waals surface area contributed by atoms with Gasteiger partial charge < -0.3 is 15.2 Å². The molecule has 0 fully saturated rings. The number of hydrogen-bond acceptors (Lipinski definition) is 2. The number of aromatic nitrogens is 1. The summed E-state index contributed by atoms with van der Waals surface area (Å²) in [6.07, 6.45) is 4.13. The minimum absolute atomic E-state index is 0.477. The van der Waals surface area contributed by atoms with Gasteiger partial charge in [-0.3, -0.25) is 4.99 Å². The molecule has 1 unspecified atom stereocenters. The number of nitrogens with one attached hydrogen (secondary N) is 2. The number of hydrogen-bond donors (Lipinski definition) is 2. The Morgan fingerprint density at radius 2 is 1.86 bits per heavy atom. The van der Waals surface area contributed by atoms with E-state index in [2.05, 4.69) is 63.8 Å². The van der Waals surface area contributed by atoms with Gasteiger partial charge in [0.25, 0.3) is 0 Å². The summed E-state index contributed by atoms with van der Waals surface area (Å²) >= 11 is 1.87. The zero-order valence-electron chi connectivity index (χ0n) is 13.2. The first kappa shape index (κ1) is 16.5. The Bertz CT molecular complexity index is 551. The van der Waals surface area contributed by atoms with Gasteiger partial charge in [0.05, 0.1) is 0 Å². The normalized spacial score (nSPS) is 12.9. The van der Waals surface area contributed by atoms with Crippen molar-refractivity contribution in [3.05, 3.63) is 54.9 Å². The minimum atomic E-state index is 0.477. The van der Waals surface area contributed by atoms with Gasteiger partial charge in [-0.25, -0.2) is 0 Å². The lowest BCUT2D eigenvalue weighted by Crippen LogP contribution is -2.41. The molecule has 118 valence electrons. The Morgan fingerprint density at radius 3 is 2.55 bits per heavy atom. The average Bonchev–Trinajstić information content (AvgIpc) is 3.05. The molecule has 0 radical (unpaired) electrons. The van der Waals surface area contributed by atoms with Crippen molar-refractivity contribution in [2.24, 2.45) is 4.99 Å². The van der Waals surface area contributed by atoms with E-state index in [1.807, 2.05) is 30.0 Å². The summed E-state index contributed by atoms with van der Waals surface area (Å²) in [4.78, 5) is 5.56. The summed E-state index contributed by atoms with van der Waals surface area (Å²) in [5, 5.41) is 7.19. The second-order valence-electron chi connectivity index (χ2n) is 5.04. The van der Waals surface area contributed by atoms with Crippen molar-refractivity contribution in [2.75, 3.05) is 20.1 Å². The fraction of sp³-hybridized carbons (Fsp3) is 0.353. The number of thioether (sulfide) groups is 1. The first-order valence-electron chi connectivity index (χ1n) is 7.55. The van der Waals surface area contributed by atoms with E-state index in [1.165, 1.54) is 4.90 Å². The molecule has 2 N–H and O–H groups in total. The minimum Gasteiger partial charge on any atom is -0.355 e. The molecule has 1 heterocycles. The zero-order valence-corrected chi connectivity index (χ0v) is 14.0. The number of guanidine groups is 1. The molecule has 0 aliphatic rings. The number of benzene rings is 1. The zero-order chi connectivity index (χ0) is 15.6. The van der Waals surface area contributed by atoms with Gasteiger partial charge in [0.15, 0.2) is 5.96 Å². The Hall–Kier alpha value is -1.88. The maximum atomic E-state index is 4.26. The van der Waals surface area contributed by atoms with E-state index in [0.29, 0.717) is 5.25 Å². The summed E-state index contributed by atoms with van der Waals surface area (Å²) < 4.78 is 2.15. The monoisotopic (exact) mass is 316 g/mol. The highest BCUT2D eigenvalue weighted by molar-refractivity contribution is 8.00. The molecule has 0 bridgehead atoms. The standard InChI is InChI=1S/C17H24N4S/c1-15(22-16-8-4-3-5-9-16)14-20-17(18-2)19-10-13-21-11-6-7-12-21/h3-9,11-12,15H,10,13-14H2,1-2H3,(H2,18,19,20). The van der Waals surface area contributed by atoms with Gasteiger partial charge in [0, 0.05) is 49.2 Å². The Morgan fingerprint density at radius 1 is 1.14 bits per heavy atom. The predicted octanol–water partition coefficient (Wildman–Crippen LogP) is 2.83. The predicted molar refractivity (Wildman–Crippen MR) is 95.6 cm³/mol. The highest BCUT2D eigenvalue weighted by Gasteiger charge is 2.05. The number of rotatable bonds is 7. The Balaban J connectivity index is 1.67. The average molecular weight is 316 g/mol. The van der Waals surface area contributed by atoms with Crippen LogP contribution in [-0.2, 0) is 6.54 Å². The molecule has 5 heteroatoms. The van der Waals surface area contributed by atoms with Gasteiger partial charge in [-0.05, 0) is 24.3 Å². The van der Waals surface area contributed by atoms with Crippen LogP contribution in [0.5, 0.6) is 0 Å². The second kappa shape index (κ2) is 9.20. The van der Waals surface area contributed by atoms with Crippen molar-refractivity contribution in [3.8, 4) is 0 Å². The third-order valence-corrected chi connectivity index (χ3v) is 4.30. The molecule has 0 saturated carbocycles. The molecular formula is C17H24N4S. The maximum absolute atomic E-state index is 4.26. The van der Waals surface area contributed by atoms with Crippen LogP contribution in [-0.4, -0.2) is 35.9 Å². The van der Waals surface area contributed by atoms with Crippen LogP contribution in [0.4, 0.5) is 0 Å². The van der Waals surface area contributed by atoms with Gasteiger partial charge in [0.1, 0.15) is 0 Å². The van der Waals surface area contributed by atoms with Crippen molar-refractivity contribution >= 4 is 17.7 Å². The number of nitrogens with zero attached hydrogens (tertiary/aromatic N) is 2. The topological polar surface area (TPSA) is 41.4 Å². The van der Waals surface area contributed by atoms with Crippen LogP contribution in [0.3, 0.4) is 0 Å². The molecule has 0 amide bonds. The molecule has 1 aromatic carbocycles. The van der Waals surface area contributed by atoms with Crippen LogP contribution in [0, 0.1) is 0 Å².